The van der Waals surface area contributed by atoms with E-state index in [1.165, 1.54) is 0 Å². The van der Waals surface area contributed by atoms with E-state index >= 15 is 0 Å². The Morgan fingerprint density at radius 2 is 2.21 bits per heavy atom. The van der Waals surface area contributed by atoms with Crippen molar-refractivity contribution >= 4 is 11.6 Å². The second kappa shape index (κ2) is 4.99. The van der Waals surface area contributed by atoms with E-state index in [0.717, 1.165) is 5.56 Å². The van der Waals surface area contributed by atoms with Crippen molar-refractivity contribution < 1.29 is 0 Å². The fourth-order valence-electron chi connectivity index (χ4n) is 1.09. The van der Waals surface area contributed by atoms with E-state index in [2.05, 4.69) is 25.2 Å². The lowest BCUT2D eigenvalue weighted by Gasteiger charge is -2.09. The van der Waals surface area contributed by atoms with E-state index in [1.807, 2.05) is 6.07 Å². The fourth-order valence-corrected chi connectivity index (χ4v) is 1.28. The highest BCUT2D eigenvalue weighted by Crippen LogP contribution is 2.17. The average Bonchev–Trinajstić information content (AvgIpc) is 2.16. The zero-order valence-electron chi connectivity index (χ0n) is 8.34. The first-order valence-corrected chi connectivity index (χ1v) is 4.93. The topological polar surface area (TPSA) is 35.8 Å². The Labute approximate surface area is 89.5 Å². The lowest BCUT2D eigenvalue weighted by atomic mass is 10.1. The van der Waals surface area contributed by atoms with Gasteiger partial charge in [0.2, 0.25) is 0 Å². The summed E-state index contributed by atoms with van der Waals surface area (Å²) in [4.78, 5) is 0. The summed E-state index contributed by atoms with van der Waals surface area (Å²) in [6.45, 7) is 4.84. The first-order chi connectivity index (χ1) is 6.63. The summed E-state index contributed by atoms with van der Waals surface area (Å²) in [6.07, 6.45) is 0. The molecule has 0 heterocycles. The number of halogens is 1. The van der Waals surface area contributed by atoms with Gasteiger partial charge in [-0.2, -0.15) is 5.26 Å². The first-order valence-electron chi connectivity index (χ1n) is 4.55. The summed E-state index contributed by atoms with van der Waals surface area (Å²) in [5.41, 5.74) is 1.62. The highest BCUT2D eigenvalue weighted by molar-refractivity contribution is 6.31. The molecule has 0 spiro atoms. The van der Waals surface area contributed by atoms with Crippen LogP contribution in [0.3, 0.4) is 0 Å². The van der Waals surface area contributed by atoms with Crippen LogP contribution in [0.4, 0.5) is 0 Å². The summed E-state index contributed by atoms with van der Waals surface area (Å²) < 4.78 is 0. The number of nitriles is 1. The van der Waals surface area contributed by atoms with Crippen LogP contribution in [0.25, 0.3) is 0 Å². The van der Waals surface area contributed by atoms with Gasteiger partial charge in [0.15, 0.2) is 0 Å². The summed E-state index contributed by atoms with van der Waals surface area (Å²) in [5.74, 6) is 0. The summed E-state index contributed by atoms with van der Waals surface area (Å²) in [6, 6.07) is 7.81. The fraction of sp³-hybridized carbons (Fsp3) is 0.364. The van der Waals surface area contributed by atoms with E-state index in [-0.39, 0.29) is 0 Å². The van der Waals surface area contributed by atoms with Gasteiger partial charge >= 0.3 is 0 Å². The van der Waals surface area contributed by atoms with Gasteiger partial charge in [0.05, 0.1) is 11.6 Å². The van der Waals surface area contributed by atoms with Gasteiger partial charge < -0.3 is 5.32 Å². The third-order valence-corrected chi connectivity index (χ3v) is 2.24. The van der Waals surface area contributed by atoms with Crippen LogP contribution < -0.4 is 5.32 Å². The van der Waals surface area contributed by atoms with Gasteiger partial charge in [-0.1, -0.05) is 25.4 Å². The van der Waals surface area contributed by atoms with Crippen LogP contribution in [0.15, 0.2) is 18.2 Å². The van der Waals surface area contributed by atoms with Crippen molar-refractivity contribution in [1.82, 2.24) is 5.32 Å². The molecule has 1 N–H and O–H groups in total. The van der Waals surface area contributed by atoms with E-state index in [4.69, 9.17) is 16.9 Å². The smallest absolute Gasteiger partial charge is 0.0991 e. The van der Waals surface area contributed by atoms with E-state index < -0.39 is 0 Å². The Hall–Kier alpha value is -1.04. The Morgan fingerprint density at radius 3 is 2.79 bits per heavy atom. The molecule has 0 radical (unpaired) electrons. The maximum absolute atomic E-state index is 8.72. The maximum atomic E-state index is 8.72. The monoisotopic (exact) mass is 208 g/mol. The molecule has 2 nitrogen and oxygen atoms in total. The molecule has 0 saturated carbocycles. The van der Waals surface area contributed by atoms with Crippen molar-refractivity contribution in [2.24, 2.45) is 0 Å². The highest BCUT2D eigenvalue weighted by Gasteiger charge is 2.02. The van der Waals surface area contributed by atoms with Gasteiger partial charge in [-0.25, -0.2) is 0 Å². The second-order valence-electron chi connectivity index (χ2n) is 3.45. The van der Waals surface area contributed by atoms with E-state index in [1.54, 1.807) is 12.1 Å². The first kappa shape index (κ1) is 11.0. The minimum atomic E-state index is 0.414. The summed E-state index contributed by atoms with van der Waals surface area (Å²) in [5, 5.41) is 12.7. The molecule has 0 amide bonds. The minimum Gasteiger partial charge on any atom is -0.310 e. The van der Waals surface area contributed by atoms with Gasteiger partial charge in [-0.05, 0) is 23.8 Å². The molecule has 0 aliphatic rings. The van der Waals surface area contributed by atoms with Crippen LogP contribution in [-0.2, 0) is 6.54 Å². The summed E-state index contributed by atoms with van der Waals surface area (Å²) in [7, 11) is 0. The number of hydrogen-bond acceptors (Lipinski definition) is 2. The third kappa shape index (κ3) is 3.02. The molecule has 3 heteroatoms. The van der Waals surface area contributed by atoms with Crippen molar-refractivity contribution in [1.29, 1.82) is 5.26 Å². The SMILES string of the molecule is CC(C)NCc1cc(C#N)ccc1Cl. The quantitative estimate of drug-likeness (QED) is 0.829. The van der Waals surface area contributed by atoms with Crippen molar-refractivity contribution in [2.45, 2.75) is 26.4 Å². The van der Waals surface area contributed by atoms with Crippen LogP contribution in [0.5, 0.6) is 0 Å². The molecule has 0 unspecified atom stereocenters. The Balaban J connectivity index is 2.80. The lowest BCUT2D eigenvalue weighted by molar-refractivity contribution is 0.589. The molecule has 0 aromatic heterocycles. The number of benzene rings is 1. The normalized spacial score (nSPS) is 10.2. The standard InChI is InChI=1S/C11H13ClN2/c1-8(2)14-7-10-5-9(6-13)3-4-11(10)12/h3-5,8,14H,7H2,1-2H3. The average molecular weight is 209 g/mol. The molecule has 0 saturated heterocycles. The van der Waals surface area contributed by atoms with Crippen LogP contribution >= 0.6 is 11.6 Å². The molecular weight excluding hydrogens is 196 g/mol. The van der Waals surface area contributed by atoms with Gasteiger partial charge in [0, 0.05) is 17.6 Å². The molecule has 0 aliphatic carbocycles. The molecule has 74 valence electrons. The molecule has 1 rings (SSSR count). The molecule has 0 fully saturated rings. The predicted molar refractivity (Wildman–Crippen MR) is 58.1 cm³/mol. The van der Waals surface area contributed by atoms with Gasteiger partial charge in [-0.3, -0.25) is 0 Å². The molecule has 0 bridgehead atoms. The van der Waals surface area contributed by atoms with Crippen molar-refractivity contribution in [3.63, 3.8) is 0 Å². The largest absolute Gasteiger partial charge is 0.310 e. The molecule has 14 heavy (non-hydrogen) atoms. The van der Waals surface area contributed by atoms with E-state index in [0.29, 0.717) is 23.2 Å². The van der Waals surface area contributed by atoms with Gasteiger partial charge in [0.25, 0.3) is 0 Å². The highest BCUT2D eigenvalue weighted by atomic mass is 35.5. The van der Waals surface area contributed by atoms with E-state index in [9.17, 15) is 0 Å². The van der Waals surface area contributed by atoms with Crippen LogP contribution in [0.2, 0.25) is 5.02 Å². The van der Waals surface area contributed by atoms with Crippen LogP contribution in [0, 0.1) is 11.3 Å². The van der Waals surface area contributed by atoms with Crippen molar-refractivity contribution in [3.05, 3.63) is 34.3 Å². The Bertz CT molecular complexity index is 353. The number of nitrogens with zero attached hydrogens (tertiary/aromatic N) is 1. The zero-order valence-corrected chi connectivity index (χ0v) is 9.10. The molecule has 0 atom stereocenters. The molecule has 0 aliphatic heterocycles. The maximum Gasteiger partial charge on any atom is 0.0991 e. The van der Waals surface area contributed by atoms with Gasteiger partial charge in [0.1, 0.15) is 0 Å². The van der Waals surface area contributed by atoms with Gasteiger partial charge in [-0.15, -0.1) is 0 Å². The second-order valence-corrected chi connectivity index (χ2v) is 3.86. The third-order valence-electron chi connectivity index (χ3n) is 1.88. The lowest BCUT2D eigenvalue weighted by Crippen LogP contribution is -2.22. The number of nitrogens with one attached hydrogen (secondary N) is 1. The van der Waals surface area contributed by atoms with Crippen LogP contribution in [-0.4, -0.2) is 6.04 Å². The molecule has 1 aromatic carbocycles. The van der Waals surface area contributed by atoms with Crippen molar-refractivity contribution in [2.75, 3.05) is 0 Å². The number of rotatable bonds is 3. The molecule has 1 aromatic rings. The Morgan fingerprint density at radius 1 is 1.50 bits per heavy atom. The zero-order chi connectivity index (χ0) is 10.6. The molecular formula is C11H13ClN2. The summed E-state index contributed by atoms with van der Waals surface area (Å²) >= 11 is 5.99. The number of hydrogen-bond donors (Lipinski definition) is 1. The van der Waals surface area contributed by atoms with Crippen LogP contribution in [0.1, 0.15) is 25.0 Å². The Kier molecular flexibility index (Phi) is 3.94. The minimum absolute atomic E-state index is 0.414. The predicted octanol–water partition coefficient (Wildman–Crippen LogP) is 2.71. The van der Waals surface area contributed by atoms with Crippen molar-refractivity contribution in [3.8, 4) is 6.07 Å².